The molecule has 0 radical (unpaired) electrons. The van der Waals surface area contributed by atoms with Gasteiger partial charge in [0.25, 0.3) is 0 Å². The monoisotopic (exact) mass is 425 g/mol. The van der Waals surface area contributed by atoms with Gasteiger partial charge in [-0.05, 0) is 44.5 Å². The van der Waals surface area contributed by atoms with Crippen molar-refractivity contribution in [2.75, 3.05) is 12.4 Å². The van der Waals surface area contributed by atoms with Crippen LogP contribution in [0.2, 0.25) is 0 Å². The maximum Gasteiger partial charge on any atom is 0.221 e. The van der Waals surface area contributed by atoms with Crippen LogP contribution < -0.4 is 21.7 Å². The van der Waals surface area contributed by atoms with Crippen LogP contribution in [0.5, 0.6) is 0 Å². The molecule has 3 rings (SSSR count). The number of amidine groups is 1. The molecule has 0 unspecified atom stereocenters. The van der Waals surface area contributed by atoms with E-state index in [9.17, 15) is 4.79 Å². The fourth-order valence-corrected chi connectivity index (χ4v) is 3.71. The minimum Gasteiger partial charge on any atom is -0.326 e. The Hall–Kier alpha value is -2.91. The van der Waals surface area contributed by atoms with E-state index in [-0.39, 0.29) is 11.4 Å². The Kier molecular flexibility index (Phi) is 6.73. The van der Waals surface area contributed by atoms with Gasteiger partial charge in [-0.3, -0.25) is 9.79 Å². The van der Waals surface area contributed by atoms with Crippen molar-refractivity contribution >= 4 is 41.2 Å². The van der Waals surface area contributed by atoms with E-state index in [4.69, 9.17) is 9.98 Å². The van der Waals surface area contributed by atoms with Gasteiger partial charge in [-0.25, -0.2) is 15.4 Å². The topological polar surface area (TPSA) is 95.7 Å². The Bertz CT molecular complexity index is 1030. The molecular formula is C21H27N7OS. The van der Waals surface area contributed by atoms with Crippen LogP contribution in [-0.4, -0.2) is 33.9 Å². The lowest BCUT2D eigenvalue weighted by Gasteiger charge is -2.32. The van der Waals surface area contributed by atoms with Gasteiger partial charge in [-0.2, -0.15) is 0 Å². The number of aliphatic imine (C=N–C) groups is 1. The number of aromatic nitrogens is 2. The Morgan fingerprint density at radius 3 is 2.67 bits per heavy atom. The zero-order valence-electron chi connectivity index (χ0n) is 17.7. The number of benzene rings is 1. The van der Waals surface area contributed by atoms with E-state index in [1.165, 1.54) is 18.7 Å². The minimum atomic E-state index is -0.0963. The molecule has 0 saturated carbocycles. The number of nitrogens with one attached hydrogen (secondary N) is 3. The van der Waals surface area contributed by atoms with E-state index in [2.05, 4.69) is 41.6 Å². The molecule has 8 nitrogen and oxygen atoms in total. The van der Waals surface area contributed by atoms with Crippen LogP contribution in [0, 0.1) is 0 Å². The first kappa shape index (κ1) is 21.8. The summed E-state index contributed by atoms with van der Waals surface area (Å²) in [6.07, 6.45) is 5.35. The summed E-state index contributed by atoms with van der Waals surface area (Å²) in [7, 11) is 1.71. The minimum absolute atomic E-state index is 0.0204. The molecule has 2 heterocycles. The lowest BCUT2D eigenvalue weighted by Crippen LogP contribution is -2.55. The molecule has 30 heavy (non-hydrogen) atoms. The number of anilines is 1. The lowest BCUT2D eigenvalue weighted by molar-refractivity contribution is -0.114. The molecule has 0 spiro atoms. The molecule has 1 saturated heterocycles. The van der Waals surface area contributed by atoms with Crippen LogP contribution in [0.1, 0.15) is 33.6 Å². The third-order valence-electron chi connectivity index (χ3n) is 4.49. The smallest absolute Gasteiger partial charge is 0.221 e. The van der Waals surface area contributed by atoms with E-state index in [1.54, 1.807) is 13.2 Å². The van der Waals surface area contributed by atoms with Gasteiger partial charge >= 0.3 is 0 Å². The van der Waals surface area contributed by atoms with Crippen molar-refractivity contribution in [1.29, 1.82) is 0 Å². The predicted octanol–water partition coefficient (Wildman–Crippen LogP) is 3.32. The second-order valence-corrected chi connectivity index (χ2v) is 8.63. The largest absolute Gasteiger partial charge is 0.326 e. The average molecular weight is 426 g/mol. The highest BCUT2D eigenvalue weighted by Gasteiger charge is 2.23. The molecule has 2 aromatic rings. The second-order valence-electron chi connectivity index (χ2n) is 7.54. The molecule has 0 atom stereocenters. The molecule has 9 heteroatoms. The number of rotatable bonds is 5. The third-order valence-corrected chi connectivity index (χ3v) is 5.40. The first-order chi connectivity index (χ1) is 14.3. The number of carbonyl (C=O) groups excluding carboxylic acids is 1. The van der Waals surface area contributed by atoms with Crippen molar-refractivity contribution in [3.63, 3.8) is 0 Å². The summed E-state index contributed by atoms with van der Waals surface area (Å²) in [4.78, 5) is 26.0. The van der Waals surface area contributed by atoms with Gasteiger partial charge < -0.3 is 15.3 Å². The molecule has 1 amide bonds. The maximum absolute atomic E-state index is 11.2. The molecule has 1 fully saturated rings. The molecule has 1 aliphatic rings. The van der Waals surface area contributed by atoms with Crippen molar-refractivity contribution in [2.24, 2.45) is 9.98 Å². The molecule has 1 aromatic heterocycles. The highest BCUT2D eigenvalue weighted by molar-refractivity contribution is 7.99. The zero-order chi connectivity index (χ0) is 21.7. The highest BCUT2D eigenvalue weighted by atomic mass is 32.2. The quantitative estimate of drug-likeness (QED) is 0.683. The fraction of sp³-hybridized carbons (Fsp3) is 0.333. The Morgan fingerprint density at radius 2 is 2.10 bits per heavy atom. The van der Waals surface area contributed by atoms with Gasteiger partial charge in [0, 0.05) is 48.9 Å². The van der Waals surface area contributed by atoms with Gasteiger partial charge in [-0.1, -0.05) is 18.3 Å². The standard InChI is InChI=1S/C21H27N7OS/c1-6-28-13-18(30-16-9-7-15(8-10-16)23-14(2)29)25-19(20(28)22-5)24-17-11-12-21(3,4)27-26-17/h6-10,13,27H,1,11-12H2,2-5H3,(H,23,29)(H,24,25,26). The van der Waals surface area contributed by atoms with Crippen molar-refractivity contribution in [1.82, 2.24) is 20.4 Å². The van der Waals surface area contributed by atoms with Crippen LogP contribution in [0.4, 0.5) is 11.5 Å². The van der Waals surface area contributed by atoms with E-state index >= 15 is 0 Å². The number of hydrazine groups is 1. The molecule has 0 aliphatic carbocycles. The maximum atomic E-state index is 11.2. The Balaban J connectivity index is 1.90. The van der Waals surface area contributed by atoms with Crippen molar-refractivity contribution in [3.05, 3.63) is 42.5 Å². The van der Waals surface area contributed by atoms with E-state index < -0.39 is 0 Å². The van der Waals surface area contributed by atoms with Gasteiger partial charge in [-0.15, -0.1) is 0 Å². The van der Waals surface area contributed by atoms with Crippen molar-refractivity contribution in [2.45, 2.75) is 49.1 Å². The van der Waals surface area contributed by atoms with Gasteiger partial charge in [0.1, 0.15) is 10.9 Å². The van der Waals surface area contributed by atoms with Crippen molar-refractivity contribution < 1.29 is 4.79 Å². The Morgan fingerprint density at radius 1 is 1.37 bits per heavy atom. The Labute approximate surface area is 180 Å². The van der Waals surface area contributed by atoms with Crippen LogP contribution in [-0.2, 0) is 4.79 Å². The van der Waals surface area contributed by atoms with Crippen LogP contribution in [0.15, 0.2) is 56.9 Å². The molecule has 1 aliphatic heterocycles. The summed E-state index contributed by atoms with van der Waals surface area (Å²) in [6.45, 7) is 9.65. The number of carbonyl (C=O) groups is 1. The van der Waals surface area contributed by atoms with Crippen molar-refractivity contribution in [3.8, 4) is 0 Å². The number of amides is 1. The second kappa shape index (κ2) is 9.27. The SMILES string of the molecule is C=Cn1cc(Sc2ccc(NC(C)=O)cc2)nc(N=C2CCC(C)(C)NN2)c1=NC. The molecule has 1 aromatic carbocycles. The van der Waals surface area contributed by atoms with Gasteiger partial charge in [0.05, 0.1) is 0 Å². The molecular weight excluding hydrogens is 398 g/mol. The first-order valence-electron chi connectivity index (χ1n) is 9.64. The summed E-state index contributed by atoms with van der Waals surface area (Å²) in [5, 5.41) is 3.53. The average Bonchev–Trinajstić information content (AvgIpc) is 2.70. The normalized spacial score (nSPS) is 17.5. The molecule has 3 N–H and O–H groups in total. The fourth-order valence-electron chi connectivity index (χ4n) is 2.90. The van der Waals surface area contributed by atoms with E-state index in [0.717, 1.165) is 34.3 Å². The first-order valence-corrected chi connectivity index (χ1v) is 10.5. The number of nitrogens with zero attached hydrogens (tertiary/aromatic N) is 4. The van der Waals surface area contributed by atoms with Crippen LogP contribution in [0.25, 0.3) is 6.20 Å². The molecule has 0 bridgehead atoms. The number of hydrogen-bond acceptors (Lipinski definition) is 6. The van der Waals surface area contributed by atoms with Crippen LogP contribution in [0.3, 0.4) is 0 Å². The molecule has 158 valence electrons. The van der Waals surface area contributed by atoms with Gasteiger partial charge in [0.15, 0.2) is 11.3 Å². The third kappa shape index (κ3) is 5.58. The summed E-state index contributed by atoms with van der Waals surface area (Å²) in [5.41, 5.74) is 7.86. The summed E-state index contributed by atoms with van der Waals surface area (Å²) < 4.78 is 1.82. The van der Waals surface area contributed by atoms with E-state index in [0.29, 0.717) is 11.3 Å². The summed E-state index contributed by atoms with van der Waals surface area (Å²) >= 11 is 1.50. The highest BCUT2D eigenvalue weighted by Crippen LogP contribution is 2.28. The van der Waals surface area contributed by atoms with E-state index in [1.807, 2.05) is 35.0 Å². The van der Waals surface area contributed by atoms with Crippen LogP contribution >= 0.6 is 11.8 Å². The number of hydrogen-bond donors (Lipinski definition) is 3. The summed E-state index contributed by atoms with van der Waals surface area (Å²) in [6, 6.07) is 7.60. The predicted molar refractivity (Wildman–Crippen MR) is 122 cm³/mol. The zero-order valence-corrected chi connectivity index (χ0v) is 18.5. The lowest BCUT2D eigenvalue weighted by atomic mass is 9.97. The van der Waals surface area contributed by atoms with Gasteiger partial charge in [0.2, 0.25) is 5.91 Å². The summed E-state index contributed by atoms with van der Waals surface area (Å²) in [5.74, 6) is 1.26.